The number of benzene rings is 1. The van der Waals surface area contributed by atoms with Crippen LogP contribution in [0, 0.1) is 19.8 Å². The molecule has 1 fully saturated rings. The summed E-state index contributed by atoms with van der Waals surface area (Å²) in [5.41, 5.74) is 3.44. The third kappa shape index (κ3) is 3.64. The maximum atomic E-state index is 12.4. The topological polar surface area (TPSA) is 84.2 Å². The Hall–Kier alpha value is -2.63. The summed E-state index contributed by atoms with van der Waals surface area (Å²) in [4.78, 5) is 23.6. The van der Waals surface area contributed by atoms with Crippen LogP contribution >= 0.6 is 0 Å². The fourth-order valence-electron chi connectivity index (χ4n) is 2.85. The Bertz CT molecular complexity index is 778. The van der Waals surface area contributed by atoms with Crippen LogP contribution in [0.5, 0.6) is 0 Å². The number of aryl methyl sites for hydroxylation is 2. The summed E-state index contributed by atoms with van der Waals surface area (Å²) in [7, 11) is 0. The van der Waals surface area contributed by atoms with Crippen LogP contribution in [0.25, 0.3) is 0 Å². The lowest BCUT2D eigenvalue weighted by Gasteiger charge is -2.14. The van der Waals surface area contributed by atoms with E-state index in [1.165, 1.54) is 0 Å². The molecule has 0 saturated heterocycles. The smallest absolute Gasteiger partial charge is 0.326 e. The van der Waals surface area contributed by atoms with Crippen molar-refractivity contribution in [2.75, 3.05) is 0 Å². The Morgan fingerprint density at radius 3 is 2.67 bits per heavy atom. The number of rotatable bonds is 6. The minimum atomic E-state index is -0.968. The van der Waals surface area contributed by atoms with Crippen molar-refractivity contribution < 1.29 is 14.7 Å². The van der Waals surface area contributed by atoms with Crippen molar-refractivity contribution in [3.8, 4) is 0 Å². The number of aromatic nitrogens is 2. The summed E-state index contributed by atoms with van der Waals surface area (Å²) in [6.45, 7) is 4.51. The lowest BCUT2D eigenvalue weighted by Crippen LogP contribution is -2.42. The summed E-state index contributed by atoms with van der Waals surface area (Å²) in [5.74, 6) is -1.25. The van der Waals surface area contributed by atoms with Crippen molar-refractivity contribution in [3.63, 3.8) is 0 Å². The highest BCUT2D eigenvalue weighted by atomic mass is 16.4. The molecule has 2 N–H and O–H groups in total. The van der Waals surface area contributed by atoms with E-state index in [1.807, 2.05) is 36.7 Å². The first kappa shape index (κ1) is 16.2. The summed E-state index contributed by atoms with van der Waals surface area (Å²) < 4.78 is 1.89. The van der Waals surface area contributed by atoms with E-state index in [2.05, 4.69) is 10.4 Å². The Kier molecular flexibility index (Phi) is 4.38. The first-order valence-corrected chi connectivity index (χ1v) is 8.07. The van der Waals surface area contributed by atoms with Gasteiger partial charge in [-0.1, -0.05) is 12.1 Å². The normalized spacial score (nSPS) is 15.1. The second-order valence-electron chi connectivity index (χ2n) is 6.41. The number of nitrogens with one attached hydrogen (secondary N) is 1. The molecule has 6 heteroatoms. The SMILES string of the molecule is Cc1cc(C)n(Cc2cccc(C(=O)NC(C(=O)O)C3CC3)c2)n1. The van der Waals surface area contributed by atoms with Gasteiger partial charge >= 0.3 is 5.97 Å². The van der Waals surface area contributed by atoms with Crippen molar-refractivity contribution in [2.24, 2.45) is 5.92 Å². The fraction of sp³-hybridized carbons (Fsp3) is 0.389. The zero-order valence-electron chi connectivity index (χ0n) is 13.8. The van der Waals surface area contributed by atoms with E-state index in [1.54, 1.807) is 12.1 Å². The van der Waals surface area contributed by atoms with E-state index in [9.17, 15) is 14.7 Å². The molecule has 1 amide bonds. The van der Waals surface area contributed by atoms with Crippen LogP contribution < -0.4 is 5.32 Å². The van der Waals surface area contributed by atoms with Gasteiger partial charge in [-0.05, 0) is 56.4 Å². The number of nitrogens with zero attached hydrogens (tertiary/aromatic N) is 2. The van der Waals surface area contributed by atoms with E-state index in [0.717, 1.165) is 29.8 Å². The number of carboxylic acids is 1. The molecular weight excluding hydrogens is 306 g/mol. The number of hydrogen-bond donors (Lipinski definition) is 2. The van der Waals surface area contributed by atoms with Gasteiger partial charge in [0.1, 0.15) is 6.04 Å². The summed E-state index contributed by atoms with van der Waals surface area (Å²) in [6.07, 6.45) is 1.71. The van der Waals surface area contributed by atoms with Crippen LogP contribution in [0.2, 0.25) is 0 Å². The molecule has 1 saturated carbocycles. The molecule has 0 aliphatic heterocycles. The number of hydrogen-bond acceptors (Lipinski definition) is 3. The average Bonchev–Trinajstić information content (AvgIpc) is 3.31. The van der Waals surface area contributed by atoms with E-state index in [4.69, 9.17) is 0 Å². The Morgan fingerprint density at radius 2 is 2.08 bits per heavy atom. The zero-order valence-corrected chi connectivity index (χ0v) is 13.8. The molecule has 1 unspecified atom stereocenters. The van der Waals surface area contributed by atoms with E-state index >= 15 is 0 Å². The van der Waals surface area contributed by atoms with Gasteiger partial charge in [-0.3, -0.25) is 9.48 Å². The van der Waals surface area contributed by atoms with Crippen LogP contribution in [-0.4, -0.2) is 32.8 Å². The fourth-order valence-corrected chi connectivity index (χ4v) is 2.85. The number of carboxylic acid groups (broad SMARTS) is 1. The molecule has 1 aromatic heterocycles. The zero-order chi connectivity index (χ0) is 17.3. The third-order valence-electron chi connectivity index (χ3n) is 4.27. The second kappa shape index (κ2) is 6.47. The first-order chi connectivity index (χ1) is 11.4. The van der Waals surface area contributed by atoms with Gasteiger partial charge < -0.3 is 10.4 Å². The molecular formula is C18H21N3O3. The molecule has 1 aliphatic rings. The first-order valence-electron chi connectivity index (χ1n) is 8.07. The number of carbonyl (C=O) groups is 2. The molecule has 2 aromatic rings. The summed E-state index contributed by atoms with van der Waals surface area (Å²) >= 11 is 0. The number of amides is 1. The van der Waals surface area contributed by atoms with Gasteiger partial charge in [-0.25, -0.2) is 4.79 Å². The molecule has 3 rings (SSSR count). The molecule has 1 aromatic carbocycles. The molecule has 0 radical (unpaired) electrons. The van der Waals surface area contributed by atoms with Crippen molar-refractivity contribution >= 4 is 11.9 Å². The highest BCUT2D eigenvalue weighted by molar-refractivity contribution is 5.96. The lowest BCUT2D eigenvalue weighted by atomic mass is 10.1. The van der Waals surface area contributed by atoms with E-state index < -0.39 is 12.0 Å². The van der Waals surface area contributed by atoms with Gasteiger partial charge in [0.25, 0.3) is 5.91 Å². The predicted octanol–water partition coefficient (Wildman–Crippen LogP) is 2.14. The lowest BCUT2D eigenvalue weighted by molar-refractivity contribution is -0.139. The molecule has 126 valence electrons. The van der Waals surface area contributed by atoms with Crippen LogP contribution in [0.3, 0.4) is 0 Å². The number of carbonyl (C=O) groups excluding carboxylic acids is 1. The Morgan fingerprint density at radius 1 is 1.33 bits per heavy atom. The van der Waals surface area contributed by atoms with Crippen molar-refractivity contribution in [1.29, 1.82) is 0 Å². The minimum Gasteiger partial charge on any atom is -0.480 e. The van der Waals surface area contributed by atoms with Crippen LogP contribution in [0.1, 0.15) is 40.2 Å². The maximum Gasteiger partial charge on any atom is 0.326 e. The van der Waals surface area contributed by atoms with Gasteiger partial charge in [0.05, 0.1) is 12.2 Å². The minimum absolute atomic E-state index is 0.0596. The van der Waals surface area contributed by atoms with Crippen molar-refractivity contribution in [2.45, 2.75) is 39.3 Å². The quantitative estimate of drug-likeness (QED) is 0.851. The Labute approximate surface area is 140 Å². The molecule has 1 atom stereocenters. The van der Waals surface area contributed by atoms with Crippen molar-refractivity contribution in [1.82, 2.24) is 15.1 Å². The van der Waals surface area contributed by atoms with Gasteiger partial charge in [0, 0.05) is 11.3 Å². The predicted molar refractivity (Wildman–Crippen MR) is 88.9 cm³/mol. The molecule has 0 spiro atoms. The molecule has 0 bridgehead atoms. The third-order valence-corrected chi connectivity index (χ3v) is 4.27. The van der Waals surface area contributed by atoms with Crippen LogP contribution in [-0.2, 0) is 11.3 Å². The Balaban J connectivity index is 1.73. The second-order valence-corrected chi connectivity index (χ2v) is 6.41. The van der Waals surface area contributed by atoms with E-state index in [0.29, 0.717) is 12.1 Å². The van der Waals surface area contributed by atoms with Crippen molar-refractivity contribution in [3.05, 3.63) is 52.8 Å². The molecule has 1 aliphatic carbocycles. The average molecular weight is 327 g/mol. The van der Waals surface area contributed by atoms with Gasteiger partial charge in [0.2, 0.25) is 0 Å². The maximum absolute atomic E-state index is 12.4. The summed E-state index contributed by atoms with van der Waals surface area (Å²) in [5, 5.41) is 16.3. The van der Waals surface area contributed by atoms with Crippen LogP contribution in [0.15, 0.2) is 30.3 Å². The van der Waals surface area contributed by atoms with Gasteiger partial charge in [-0.2, -0.15) is 5.10 Å². The highest BCUT2D eigenvalue weighted by Gasteiger charge is 2.37. The number of aliphatic carboxylic acids is 1. The standard InChI is InChI=1S/C18H21N3O3/c1-11-8-12(2)21(20-11)10-13-4-3-5-15(9-13)17(22)19-16(18(23)24)14-6-7-14/h3-5,8-9,14,16H,6-7,10H2,1-2H3,(H,19,22)(H,23,24). The molecule has 1 heterocycles. The summed E-state index contributed by atoms with van der Waals surface area (Å²) in [6, 6.07) is 8.44. The molecule has 24 heavy (non-hydrogen) atoms. The van der Waals surface area contributed by atoms with Gasteiger partial charge in [-0.15, -0.1) is 0 Å². The van der Waals surface area contributed by atoms with E-state index in [-0.39, 0.29) is 11.8 Å². The van der Waals surface area contributed by atoms with Crippen LogP contribution in [0.4, 0.5) is 0 Å². The molecule has 6 nitrogen and oxygen atoms in total. The largest absolute Gasteiger partial charge is 0.480 e. The monoisotopic (exact) mass is 327 g/mol. The highest BCUT2D eigenvalue weighted by Crippen LogP contribution is 2.32. The van der Waals surface area contributed by atoms with Gasteiger partial charge in [0.15, 0.2) is 0 Å².